The van der Waals surface area contributed by atoms with Gasteiger partial charge in [-0.25, -0.2) is 0 Å². The zero-order valence-corrected chi connectivity index (χ0v) is 10.1. The third kappa shape index (κ3) is 7.17. The minimum atomic E-state index is -4.28. The molecule has 7 heteroatoms. The number of aliphatic hydroxyl groups excluding tert-OH is 1. The van der Waals surface area contributed by atoms with E-state index < -0.39 is 18.1 Å². The third-order valence-electron chi connectivity index (χ3n) is 2.60. The molecule has 0 fully saturated rings. The smallest absolute Gasteiger partial charge is 0.395 e. The normalized spacial score (nSPS) is 13.1. The Kier molecular flexibility index (Phi) is 5.91. The van der Waals surface area contributed by atoms with Crippen molar-refractivity contribution in [1.29, 1.82) is 5.41 Å². The molecule has 0 unspecified atom stereocenters. The topological polar surface area (TPSA) is 73.3 Å². The molecule has 0 rings (SSSR count). The highest BCUT2D eigenvalue weighted by molar-refractivity contribution is 5.82. The molecule has 4 N–H and O–H groups in total. The number of hydrogen-bond donors (Lipinski definition) is 3. The van der Waals surface area contributed by atoms with Crippen LogP contribution >= 0.6 is 0 Å². The van der Waals surface area contributed by atoms with Crippen LogP contribution in [-0.2, 0) is 0 Å². The van der Waals surface area contributed by atoms with Crippen molar-refractivity contribution in [3.63, 3.8) is 0 Å². The van der Waals surface area contributed by atoms with Crippen molar-refractivity contribution >= 4 is 5.84 Å². The van der Waals surface area contributed by atoms with Crippen LogP contribution < -0.4 is 5.73 Å². The van der Waals surface area contributed by atoms with E-state index in [4.69, 9.17) is 16.2 Å². The molecule has 0 aliphatic rings. The average molecular weight is 255 g/mol. The Bertz CT molecular complexity index is 254. The van der Waals surface area contributed by atoms with Crippen LogP contribution in [0.15, 0.2) is 0 Å². The third-order valence-corrected chi connectivity index (χ3v) is 2.60. The maximum Gasteiger partial charge on any atom is 0.401 e. The highest BCUT2D eigenvalue weighted by Crippen LogP contribution is 2.22. The first-order chi connectivity index (χ1) is 7.58. The molecule has 0 heterocycles. The predicted octanol–water partition coefficient (Wildman–Crippen LogP) is 1.20. The largest absolute Gasteiger partial charge is 0.401 e. The van der Waals surface area contributed by atoms with Crippen LogP contribution in [-0.4, -0.2) is 48.3 Å². The van der Waals surface area contributed by atoms with E-state index in [2.05, 4.69) is 0 Å². The first-order valence-electron chi connectivity index (χ1n) is 5.33. The fraction of sp³-hybridized carbons (Fsp3) is 0.900. The van der Waals surface area contributed by atoms with Gasteiger partial charge in [0.2, 0.25) is 0 Å². The Morgan fingerprint density at radius 1 is 1.29 bits per heavy atom. The molecule has 4 nitrogen and oxygen atoms in total. The minimum absolute atomic E-state index is 0.0342. The molecule has 0 aliphatic heterocycles. The monoisotopic (exact) mass is 255 g/mol. The van der Waals surface area contributed by atoms with Gasteiger partial charge < -0.3 is 10.8 Å². The van der Waals surface area contributed by atoms with Crippen molar-refractivity contribution in [2.24, 2.45) is 11.1 Å². The second-order valence-electron chi connectivity index (χ2n) is 4.66. The summed E-state index contributed by atoms with van der Waals surface area (Å²) in [5, 5.41) is 16.0. The summed E-state index contributed by atoms with van der Waals surface area (Å²) in [6.07, 6.45) is -3.94. The Hall–Kier alpha value is -0.820. The lowest BCUT2D eigenvalue weighted by Gasteiger charge is -2.28. The molecule has 0 bridgehead atoms. The van der Waals surface area contributed by atoms with Gasteiger partial charge in [0, 0.05) is 12.0 Å². The number of hydrogen-bond acceptors (Lipinski definition) is 3. The summed E-state index contributed by atoms with van der Waals surface area (Å²) in [5.74, 6) is -0.0477. The Labute approximate surface area is 99.1 Å². The van der Waals surface area contributed by atoms with Crippen LogP contribution in [0.2, 0.25) is 0 Å². The first kappa shape index (κ1) is 16.2. The molecular formula is C10H20F3N3O. The van der Waals surface area contributed by atoms with Crippen LogP contribution in [0.1, 0.15) is 20.3 Å². The van der Waals surface area contributed by atoms with E-state index >= 15 is 0 Å². The number of nitrogens with two attached hydrogens (primary N) is 1. The zero-order chi connectivity index (χ0) is 13.7. The summed E-state index contributed by atoms with van der Waals surface area (Å²) in [7, 11) is 0. The molecule has 0 saturated heterocycles. The number of amidine groups is 1. The fourth-order valence-corrected chi connectivity index (χ4v) is 1.24. The lowest BCUT2D eigenvalue weighted by atomic mass is 9.88. The standard InChI is InChI=1S/C10H20F3N3O/c1-9(2,8(14)15)3-4-16(5-6-17)7-10(11,12)13/h17H,3-7H2,1-2H3,(H3,14,15). The van der Waals surface area contributed by atoms with Gasteiger partial charge in [0.05, 0.1) is 19.0 Å². The Morgan fingerprint density at radius 3 is 2.18 bits per heavy atom. The predicted molar refractivity (Wildman–Crippen MR) is 59.9 cm³/mol. The number of alkyl halides is 3. The summed E-state index contributed by atoms with van der Waals surface area (Å²) >= 11 is 0. The molecule has 0 spiro atoms. The summed E-state index contributed by atoms with van der Waals surface area (Å²) < 4.78 is 36.7. The summed E-state index contributed by atoms with van der Waals surface area (Å²) in [4.78, 5) is 1.12. The molecule has 0 aromatic rings. The van der Waals surface area contributed by atoms with Gasteiger partial charge in [-0.1, -0.05) is 13.8 Å². The van der Waals surface area contributed by atoms with Crippen molar-refractivity contribution in [2.75, 3.05) is 26.2 Å². The van der Waals surface area contributed by atoms with Gasteiger partial charge in [-0.05, 0) is 13.0 Å². The van der Waals surface area contributed by atoms with E-state index in [1.54, 1.807) is 13.8 Å². The van der Waals surface area contributed by atoms with Crippen molar-refractivity contribution in [3.05, 3.63) is 0 Å². The van der Waals surface area contributed by atoms with Gasteiger partial charge in [0.15, 0.2) is 0 Å². The van der Waals surface area contributed by atoms with Crippen LogP contribution in [0.3, 0.4) is 0 Å². The number of halogens is 3. The maximum atomic E-state index is 12.2. The van der Waals surface area contributed by atoms with Gasteiger partial charge in [0.25, 0.3) is 0 Å². The number of nitrogens with zero attached hydrogens (tertiary/aromatic N) is 1. The molecule has 102 valence electrons. The molecule has 0 radical (unpaired) electrons. The molecule has 17 heavy (non-hydrogen) atoms. The van der Waals surface area contributed by atoms with E-state index in [9.17, 15) is 13.2 Å². The van der Waals surface area contributed by atoms with Crippen LogP contribution in [0.25, 0.3) is 0 Å². The van der Waals surface area contributed by atoms with E-state index in [0.29, 0.717) is 6.42 Å². The summed E-state index contributed by atoms with van der Waals surface area (Å²) in [5.41, 5.74) is 4.73. The van der Waals surface area contributed by atoms with E-state index in [1.165, 1.54) is 0 Å². The maximum absolute atomic E-state index is 12.2. The van der Waals surface area contributed by atoms with Crippen LogP contribution in [0.5, 0.6) is 0 Å². The second kappa shape index (κ2) is 6.20. The van der Waals surface area contributed by atoms with Gasteiger partial charge >= 0.3 is 6.18 Å². The van der Waals surface area contributed by atoms with Gasteiger partial charge in [-0.3, -0.25) is 10.3 Å². The van der Waals surface area contributed by atoms with Crippen molar-refractivity contribution in [1.82, 2.24) is 4.90 Å². The molecule has 0 aliphatic carbocycles. The SMILES string of the molecule is CC(C)(CCN(CCO)CC(F)(F)F)C(=N)N. The lowest BCUT2D eigenvalue weighted by Crippen LogP contribution is -2.40. The van der Waals surface area contributed by atoms with E-state index in [-0.39, 0.29) is 25.5 Å². The number of nitrogens with one attached hydrogen (secondary N) is 1. The van der Waals surface area contributed by atoms with E-state index in [0.717, 1.165) is 4.90 Å². The molecule has 0 saturated carbocycles. The van der Waals surface area contributed by atoms with Gasteiger partial charge in [-0.2, -0.15) is 13.2 Å². The van der Waals surface area contributed by atoms with Crippen molar-refractivity contribution in [2.45, 2.75) is 26.4 Å². The van der Waals surface area contributed by atoms with Crippen molar-refractivity contribution < 1.29 is 18.3 Å². The lowest BCUT2D eigenvalue weighted by molar-refractivity contribution is -0.147. The Morgan fingerprint density at radius 2 is 1.82 bits per heavy atom. The number of aliphatic hydroxyl groups is 1. The van der Waals surface area contributed by atoms with Gasteiger partial charge in [-0.15, -0.1) is 0 Å². The molecular weight excluding hydrogens is 235 g/mol. The van der Waals surface area contributed by atoms with E-state index in [1.807, 2.05) is 0 Å². The number of rotatable bonds is 7. The highest BCUT2D eigenvalue weighted by atomic mass is 19.4. The Balaban J connectivity index is 4.32. The van der Waals surface area contributed by atoms with Gasteiger partial charge in [0.1, 0.15) is 0 Å². The summed E-state index contributed by atoms with van der Waals surface area (Å²) in [6.45, 7) is 2.15. The first-order valence-corrected chi connectivity index (χ1v) is 5.33. The highest BCUT2D eigenvalue weighted by Gasteiger charge is 2.31. The fourth-order valence-electron chi connectivity index (χ4n) is 1.24. The second-order valence-corrected chi connectivity index (χ2v) is 4.66. The van der Waals surface area contributed by atoms with Crippen LogP contribution in [0, 0.1) is 10.8 Å². The molecule has 0 atom stereocenters. The quantitative estimate of drug-likeness (QED) is 0.472. The molecule has 0 aromatic carbocycles. The molecule has 0 amide bonds. The zero-order valence-electron chi connectivity index (χ0n) is 10.1. The minimum Gasteiger partial charge on any atom is -0.395 e. The van der Waals surface area contributed by atoms with Crippen LogP contribution in [0.4, 0.5) is 13.2 Å². The summed E-state index contributed by atoms with van der Waals surface area (Å²) in [6, 6.07) is 0. The molecule has 0 aromatic heterocycles. The average Bonchev–Trinajstić information content (AvgIpc) is 2.12. The van der Waals surface area contributed by atoms with Crippen molar-refractivity contribution in [3.8, 4) is 0 Å².